The fraction of sp³-hybridized carbons (Fsp3) is 0.538. The molecule has 1 aliphatic heterocycles. The van der Waals surface area contributed by atoms with E-state index < -0.39 is 0 Å². The number of hydrogen-bond acceptors (Lipinski definition) is 3. The molecule has 94 valence electrons. The smallest absolute Gasteiger partial charge is 0.123 e. The first-order valence-corrected chi connectivity index (χ1v) is 5.97. The van der Waals surface area contributed by atoms with E-state index in [1.165, 1.54) is 18.2 Å². The van der Waals surface area contributed by atoms with Gasteiger partial charge >= 0.3 is 0 Å². The molecule has 3 nitrogen and oxygen atoms in total. The Morgan fingerprint density at radius 2 is 2.18 bits per heavy atom. The molecule has 0 spiro atoms. The van der Waals surface area contributed by atoms with Crippen molar-refractivity contribution in [3.8, 4) is 5.75 Å². The van der Waals surface area contributed by atoms with Crippen molar-refractivity contribution in [1.82, 2.24) is 4.90 Å². The van der Waals surface area contributed by atoms with E-state index in [1.807, 2.05) is 6.92 Å². The zero-order chi connectivity index (χ0) is 12.6. The third-order valence-corrected chi connectivity index (χ3v) is 3.69. The largest absolute Gasteiger partial charge is 0.508 e. The Labute approximate surface area is 101 Å². The van der Waals surface area contributed by atoms with Crippen LogP contribution in [0.15, 0.2) is 18.2 Å². The number of phenols is 1. The number of nitrogens with zero attached hydrogens (tertiary/aromatic N) is 1. The highest BCUT2D eigenvalue weighted by molar-refractivity contribution is 5.35. The first-order chi connectivity index (χ1) is 7.99. The molecule has 1 aromatic rings. The second-order valence-corrected chi connectivity index (χ2v) is 4.97. The number of hydrogen-bond donors (Lipinski definition) is 2. The van der Waals surface area contributed by atoms with Gasteiger partial charge in [0.2, 0.25) is 0 Å². The molecule has 0 radical (unpaired) electrons. The number of benzene rings is 1. The van der Waals surface area contributed by atoms with Crippen LogP contribution in [0.25, 0.3) is 0 Å². The Hall–Kier alpha value is -1.13. The van der Waals surface area contributed by atoms with E-state index in [0.29, 0.717) is 11.5 Å². The first-order valence-electron chi connectivity index (χ1n) is 5.97. The molecule has 0 saturated carbocycles. The topological polar surface area (TPSA) is 49.5 Å². The molecule has 3 N–H and O–H groups in total. The molecule has 1 heterocycles. The van der Waals surface area contributed by atoms with Gasteiger partial charge in [-0.3, -0.25) is 4.90 Å². The summed E-state index contributed by atoms with van der Waals surface area (Å²) < 4.78 is 13.2. The van der Waals surface area contributed by atoms with Gasteiger partial charge in [-0.05, 0) is 31.0 Å². The molecule has 0 aliphatic carbocycles. The van der Waals surface area contributed by atoms with Crippen LogP contribution in [0, 0.1) is 11.7 Å². The molecular formula is C13H19FN2O. The maximum absolute atomic E-state index is 13.2. The number of nitrogens with two attached hydrogens (primary N) is 1. The van der Waals surface area contributed by atoms with Crippen LogP contribution < -0.4 is 5.73 Å². The van der Waals surface area contributed by atoms with Gasteiger partial charge in [0.1, 0.15) is 11.6 Å². The summed E-state index contributed by atoms with van der Waals surface area (Å²) in [6.07, 6.45) is 0. The lowest BCUT2D eigenvalue weighted by atomic mass is 10.1. The first kappa shape index (κ1) is 12.3. The Balaban J connectivity index is 2.20. The second kappa shape index (κ2) is 4.63. The molecule has 4 heteroatoms. The Kier molecular flexibility index (Phi) is 3.35. The van der Waals surface area contributed by atoms with Gasteiger partial charge in [-0.25, -0.2) is 4.39 Å². The van der Waals surface area contributed by atoms with Crippen LogP contribution in [-0.2, 0) is 0 Å². The summed E-state index contributed by atoms with van der Waals surface area (Å²) in [6, 6.07) is 4.22. The van der Waals surface area contributed by atoms with Gasteiger partial charge in [0.15, 0.2) is 0 Å². The second-order valence-electron chi connectivity index (χ2n) is 4.97. The van der Waals surface area contributed by atoms with Gasteiger partial charge in [0.25, 0.3) is 0 Å². The van der Waals surface area contributed by atoms with Crippen LogP contribution in [0.3, 0.4) is 0 Å². The number of halogens is 1. The molecule has 0 aromatic heterocycles. The zero-order valence-corrected chi connectivity index (χ0v) is 10.2. The van der Waals surface area contributed by atoms with E-state index in [9.17, 15) is 9.50 Å². The normalized spacial score (nSPS) is 27.3. The highest BCUT2D eigenvalue weighted by Crippen LogP contribution is 2.32. The van der Waals surface area contributed by atoms with Crippen molar-refractivity contribution >= 4 is 0 Å². The number of rotatable bonds is 2. The van der Waals surface area contributed by atoms with Gasteiger partial charge in [0.05, 0.1) is 0 Å². The van der Waals surface area contributed by atoms with Crippen molar-refractivity contribution in [2.75, 3.05) is 13.1 Å². The molecular weight excluding hydrogens is 219 g/mol. The molecule has 1 fully saturated rings. The van der Waals surface area contributed by atoms with Crippen molar-refractivity contribution in [2.24, 2.45) is 11.7 Å². The van der Waals surface area contributed by atoms with Gasteiger partial charge < -0.3 is 10.8 Å². The van der Waals surface area contributed by atoms with Crippen LogP contribution in [0.2, 0.25) is 0 Å². The van der Waals surface area contributed by atoms with Gasteiger partial charge in [-0.1, -0.05) is 6.92 Å². The fourth-order valence-electron chi connectivity index (χ4n) is 2.40. The third kappa shape index (κ3) is 2.42. The highest BCUT2D eigenvalue weighted by Gasteiger charge is 2.31. The standard InChI is InChI=1S/C13H19FN2O/c1-8-6-16(7-12(8)15)9(2)11-5-10(14)3-4-13(11)17/h3-5,8-9,12,17H,6-7,15H2,1-2H3. The van der Waals surface area contributed by atoms with Crippen molar-refractivity contribution in [1.29, 1.82) is 0 Å². The Morgan fingerprint density at radius 1 is 1.47 bits per heavy atom. The molecule has 2 rings (SSSR count). The summed E-state index contributed by atoms with van der Waals surface area (Å²) in [5.41, 5.74) is 6.61. The lowest BCUT2D eigenvalue weighted by molar-refractivity contribution is 0.248. The van der Waals surface area contributed by atoms with E-state index in [2.05, 4.69) is 11.8 Å². The summed E-state index contributed by atoms with van der Waals surface area (Å²) in [5.74, 6) is 0.265. The summed E-state index contributed by atoms with van der Waals surface area (Å²) in [5, 5.41) is 9.77. The predicted molar refractivity (Wildman–Crippen MR) is 65.2 cm³/mol. The van der Waals surface area contributed by atoms with Gasteiger partial charge in [0, 0.05) is 30.7 Å². The number of phenolic OH excluding ortho intramolecular Hbond substituents is 1. The Morgan fingerprint density at radius 3 is 2.76 bits per heavy atom. The highest BCUT2D eigenvalue weighted by atomic mass is 19.1. The average Bonchev–Trinajstić information content (AvgIpc) is 2.62. The van der Waals surface area contributed by atoms with E-state index in [0.717, 1.165) is 13.1 Å². The number of likely N-dealkylation sites (tertiary alicyclic amines) is 1. The molecule has 1 aromatic carbocycles. The maximum atomic E-state index is 13.2. The van der Waals surface area contributed by atoms with Gasteiger partial charge in [-0.2, -0.15) is 0 Å². The lowest BCUT2D eigenvalue weighted by Gasteiger charge is -2.25. The van der Waals surface area contributed by atoms with Crippen LogP contribution in [-0.4, -0.2) is 29.1 Å². The summed E-state index contributed by atoms with van der Waals surface area (Å²) >= 11 is 0. The summed E-state index contributed by atoms with van der Waals surface area (Å²) in [7, 11) is 0. The molecule has 0 bridgehead atoms. The third-order valence-electron chi connectivity index (χ3n) is 3.69. The molecule has 17 heavy (non-hydrogen) atoms. The molecule has 1 aliphatic rings. The molecule has 3 unspecified atom stereocenters. The molecule has 1 saturated heterocycles. The minimum atomic E-state index is -0.318. The van der Waals surface area contributed by atoms with Crippen LogP contribution in [0.4, 0.5) is 4.39 Å². The monoisotopic (exact) mass is 238 g/mol. The van der Waals surface area contributed by atoms with Crippen molar-refractivity contribution in [3.63, 3.8) is 0 Å². The van der Waals surface area contributed by atoms with Crippen molar-refractivity contribution in [2.45, 2.75) is 25.9 Å². The van der Waals surface area contributed by atoms with E-state index in [4.69, 9.17) is 5.73 Å². The van der Waals surface area contributed by atoms with Crippen LogP contribution in [0.1, 0.15) is 25.5 Å². The quantitative estimate of drug-likeness (QED) is 0.827. The fourth-order valence-corrected chi connectivity index (χ4v) is 2.40. The van der Waals surface area contributed by atoms with Gasteiger partial charge in [-0.15, -0.1) is 0 Å². The predicted octanol–water partition coefficient (Wildman–Crippen LogP) is 1.87. The van der Waals surface area contributed by atoms with E-state index in [1.54, 1.807) is 0 Å². The average molecular weight is 238 g/mol. The summed E-state index contributed by atoms with van der Waals surface area (Å²) in [6.45, 7) is 5.76. The molecule has 0 amide bonds. The Bertz CT molecular complexity index is 400. The molecule has 3 atom stereocenters. The van der Waals surface area contributed by atoms with Crippen molar-refractivity contribution in [3.05, 3.63) is 29.6 Å². The maximum Gasteiger partial charge on any atom is 0.123 e. The van der Waals surface area contributed by atoms with E-state index >= 15 is 0 Å². The van der Waals surface area contributed by atoms with Crippen LogP contribution in [0.5, 0.6) is 5.75 Å². The lowest BCUT2D eigenvalue weighted by Crippen LogP contribution is -2.29. The zero-order valence-electron chi connectivity index (χ0n) is 10.2. The van der Waals surface area contributed by atoms with Crippen LogP contribution >= 0.6 is 0 Å². The summed E-state index contributed by atoms with van der Waals surface area (Å²) in [4.78, 5) is 2.18. The minimum Gasteiger partial charge on any atom is -0.508 e. The SMILES string of the molecule is CC1CN(C(C)c2cc(F)ccc2O)CC1N. The van der Waals surface area contributed by atoms with E-state index in [-0.39, 0.29) is 23.7 Å². The number of aromatic hydroxyl groups is 1. The minimum absolute atomic E-state index is 0.0123. The van der Waals surface area contributed by atoms with Crippen molar-refractivity contribution < 1.29 is 9.50 Å².